The molecule has 0 aromatic heterocycles. The average Bonchev–Trinajstić information content (AvgIpc) is 2.99. The number of hydrogen-bond acceptors (Lipinski definition) is 6. The number of fused-ring (bicyclic) bond motifs is 1. The molecule has 0 radical (unpaired) electrons. The van der Waals surface area contributed by atoms with Gasteiger partial charge in [-0.2, -0.15) is 8.42 Å². The molecule has 1 saturated carbocycles. The molecule has 2 aliphatic heterocycles. The molecule has 7 nitrogen and oxygen atoms in total. The van der Waals surface area contributed by atoms with Crippen LogP contribution in [0.4, 0.5) is 10.1 Å². The lowest BCUT2D eigenvalue weighted by Crippen LogP contribution is -2.41. The zero-order valence-electron chi connectivity index (χ0n) is 17.3. The van der Waals surface area contributed by atoms with E-state index in [1.807, 2.05) is 10.8 Å². The predicted octanol–water partition coefficient (Wildman–Crippen LogP) is 2.51. The van der Waals surface area contributed by atoms with Gasteiger partial charge in [-0.15, -0.1) is 11.8 Å². The molecule has 1 saturated heterocycles. The Morgan fingerprint density at radius 1 is 1.25 bits per heavy atom. The molecule has 1 amide bonds. The molecule has 170 valence electrons. The molecule has 0 spiro atoms. The summed E-state index contributed by atoms with van der Waals surface area (Å²) in [6.45, 7) is 0.306. The van der Waals surface area contributed by atoms with Gasteiger partial charge in [-0.3, -0.25) is 4.79 Å². The number of thioether (sulfide) groups is 1. The standard InChI is InChI=1S/C22H24FN3O4S2/c23-21-17-8-16(24-10-13-6-15(7-13)14-4-2-1-3-5-14)12-31-19(17)9-18(27)22(21)26-11-20(28)25-32(26,29)30/h1-5,9,13,15-16,24,27H,6-8,10-12H2,(H,25,28)/t13?,15?,16-/m0/s1. The second kappa shape index (κ2) is 8.24. The summed E-state index contributed by atoms with van der Waals surface area (Å²) in [5, 5.41) is 13.9. The number of nitrogens with zero attached hydrogens (tertiary/aromatic N) is 1. The Morgan fingerprint density at radius 3 is 2.69 bits per heavy atom. The number of nitrogens with one attached hydrogen (secondary N) is 2. The second-order valence-electron chi connectivity index (χ2n) is 8.64. The number of rotatable bonds is 5. The van der Waals surface area contributed by atoms with Crippen LogP contribution in [0.3, 0.4) is 0 Å². The normalized spacial score (nSPS) is 26.3. The number of amides is 1. The van der Waals surface area contributed by atoms with Gasteiger partial charge in [-0.05, 0) is 49.3 Å². The third-order valence-electron chi connectivity index (χ3n) is 6.44. The topological polar surface area (TPSA) is 98.7 Å². The van der Waals surface area contributed by atoms with Crippen molar-refractivity contribution in [2.75, 3.05) is 23.1 Å². The third kappa shape index (κ3) is 3.95. The van der Waals surface area contributed by atoms with Crippen LogP contribution in [0.1, 0.15) is 29.9 Å². The van der Waals surface area contributed by atoms with Crippen LogP contribution < -0.4 is 14.3 Å². The summed E-state index contributed by atoms with van der Waals surface area (Å²) in [6, 6.07) is 11.9. The van der Waals surface area contributed by atoms with E-state index in [9.17, 15) is 18.3 Å². The van der Waals surface area contributed by atoms with Gasteiger partial charge in [-0.1, -0.05) is 30.3 Å². The van der Waals surface area contributed by atoms with Crippen molar-refractivity contribution in [3.8, 4) is 5.75 Å². The quantitative estimate of drug-likeness (QED) is 0.612. The highest BCUT2D eigenvalue weighted by atomic mass is 32.2. The minimum absolute atomic E-state index is 0.0464. The first-order valence-electron chi connectivity index (χ1n) is 10.6. The van der Waals surface area contributed by atoms with Crippen molar-refractivity contribution < 1.29 is 22.7 Å². The van der Waals surface area contributed by atoms with E-state index in [0.717, 1.165) is 25.1 Å². The van der Waals surface area contributed by atoms with Gasteiger partial charge in [0.1, 0.15) is 18.0 Å². The molecule has 3 N–H and O–H groups in total. The van der Waals surface area contributed by atoms with Crippen molar-refractivity contribution >= 4 is 33.6 Å². The van der Waals surface area contributed by atoms with Gasteiger partial charge >= 0.3 is 10.2 Å². The smallest absolute Gasteiger partial charge is 0.326 e. The minimum Gasteiger partial charge on any atom is -0.506 e. The molecule has 5 rings (SSSR count). The molecule has 0 bridgehead atoms. The largest absolute Gasteiger partial charge is 0.506 e. The van der Waals surface area contributed by atoms with E-state index in [0.29, 0.717) is 33.0 Å². The maximum absolute atomic E-state index is 15.4. The average molecular weight is 478 g/mol. The van der Waals surface area contributed by atoms with Gasteiger partial charge < -0.3 is 10.4 Å². The SMILES string of the molecule is O=C1CN(c2c(O)cc3c(c2F)C[C@H](NCC2CC(c4ccccc4)C2)CS3)S(=O)(=O)N1. The number of carbonyl (C=O) groups excluding carboxylic acids is 1. The summed E-state index contributed by atoms with van der Waals surface area (Å²) < 4.78 is 42.1. The first-order chi connectivity index (χ1) is 15.3. The summed E-state index contributed by atoms with van der Waals surface area (Å²) in [4.78, 5) is 12.2. The number of phenols is 1. The van der Waals surface area contributed by atoms with Gasteiger partial charge in [0.15, 0.2) is 5.82 Å². The van der Waals surface area contributed by atoms with E-state index in [4.69, 9.17) is 0 Å². The number of phenolic OH excluding ortho intramolecular Hbond substituents is 1. The van der Waals surface area contributed by atoms with Crippen molar-refractivity contribution in [3.05, 3.63) is 53.3 Å². The highest BCUT2D eigenvalue weighted by molar-refractivity contribution is 7.99. The number of hydrogen-bond donors (Lipinski definition) is 3. The van der Waals surface area contributed by atoms with Gasteiger partial charge in [-0.25, -0.2) is 13.4 Å². The maximum Gasteiger partial charge on any atom is 0.326 e. The lowest BCUT2D eigenvalue weighted by molar-refractivity contribution is -0.117. The van der Waals surface area contributed by atoms with Crippen LogP contribution in [0.2, 0.25) is 0 Å². The zero-order valence-corrected chi connectivity index (χ0v) is 18.9. The number of anilines is 1. The molecule has 2 heterocycles. The van der Waals surface area contributed by atoms with Crippen molar-refractivity contribution in [2.45, 2.75) is 36.1 Å². The van der Waals surface area contributed by atoms with Crippen LogP contribution in [0.25, 0.3) is 0 Å². The second-order valence-corrected chi connectivity index (χ2v) is 11.3. The molecule has 2 aromatic rings. The molecular formula is C22H24FN3O4S2. The molecule has 2 fully saturated rings. The highest BCUT2D eigenvalue weighted by Crippen LogP contribution is 2.44. The summed E-state index contributed by atoms with van der Waals surface area (Å²) in [5.41, 5.74) is 1.29. The van der Waals surface area contributed by atoms with Crippen LogP contribution in [-0.2, 0) is 21.4 Å². The fourth-order valence-electron chi connectivity index (χ4n) is 4.71. The Hall–Kier alpha value is -2.30. The minimum atomic E-state index is -4.21. The molecule has 32 heavy (non-hydrogen) atoms. The molecule has 3 aliphatic rings. The van der Waals surface area contributed by atoms with E-state index in [-0.39, 0.29) is 6.04 Å². The van der Waals surface area contributed by atoms with Crippen LogP contribution in [0.15, 0.2) is 41.3 Å². The van der Waals surface area contributed by atoms with Crippen LogP contribution in [-0.4, -0.2) is 44.3 Å². The first-order valence-corrected chi connectivity index (χ1v) is 13.0. The summed E-state index contributed by atoms with van der Waals surface area (Å²) in [7, 11) is -4.21. The highest BCUT2D eigenvalue weighted by Gasteiger charge is 2.39. The maximum atomic E-state index is 15.4. The Bertz CT molecular complexity index is 1150. The lowest BCUT2D eigenvalue weighted by atomic mass is 9.71. The molecular weight excluding hydrogens is 453 g/mol. The van der Waals surface area contributed by atoms with Gasteiger partial charge in [0, 0.05) is 22.3 Å². The molecule has 10 heteroatoms. The number of benzene rings is 2. The summed E-state index contributed by atoms with van der Waals surface area (Å²) in [6.07, 6.45) is 2.66. The molecule has 2 aromatic carbocycles. The van der Waals surface area contributed by atoms with Crippen LogP contribution >= 0.6 is 11.8 Å². The van der Waals surface area contributed by atoms with Crippen LogP contribution in [0.5, 0.6) is 5.75 Å². The number of aromatic hydroxyl groups is 1. The van der Waals surface area contributed by atoms with Crippen molar-refractivity contribution in [1.29, 1.82) is 0 Å². The fraction of sp³-hybridized carbons (Fsp3) is 0.409. The van der Waals surface area contributed by atoms with E-state index >= 15 is 4.39 Å². The molecule has 0 unspecified atom stereocenters. The van der Waals surface area contributed by atoms with Crippen molar-refractivity contribution in [1.82, 2.24) is 10.0 Å². The van der Waals surface area contributed by atoms with Gasteiger partial charge in [0.2, 0.25) is 0 Å². The third-order valence-corrected chi connectivity index (χ3v) is 9.06. The van der Waals surface area contributed by atoms with Crippen molar-refractivity contribution in [3.63, 3.8) is 0 Å². The number of carbonyl (C=O) groups is 1. The van der Waals surface area contributed by atoms with Crippen LogP contribution in [0, 0.1) is 11.7 Å². The lowest BCUT2D eigenvalue weighted by Gasteiger charge is -2.37. The van der Waals surface area contributed by atoms with Gasteiger partial charge in [0.05, 0.1) is 0 Å². The van der Waals surface area contributed by atoms with E-state index < -0.39 is 39.9 Å². The van der Waals surface area contributed by atoms with E-state index in [1.54, 1.807) is 0 Å². The van der Waals surface area contributed by atoms with E-state index in [1.165, 1.54) is 23.4 Å². The molecule has 1 atom stereocenters. The fourth-order valence-corrected chi connectivity index (χ4v) is 7.03. The predicted molar refractivity (Wildman–Crippen MR) is 121 cm³/mol. The van der Waals surface area contributed by atoms with Crippen molar-refractivity contribution in [2.24, 2.45) is 5.92 Å². The Morgan fingerprint density at radius 2 is 2.00 bits per heavy atom. The Balaban J connectivity index is 1.25. The zero-order chi connectivity index (χ0) is 22.5. The monoisotopic (exact) mass is 477 g/mol. The number of halogens is 1. The summed E-state index contributed by atoms with van der Waals surface area (Å²) in [5.74, 6) is -0.106. The Kier molecular flexibility index (Phi) is 5.55. The van der Waals surface area contributed by atoms with Gasteiger partial charge in [0.25, 0.3) is 5.91 Å². The molecule has 1 aliphatic carbocycles. The van der Waals surface area contributed by atoms with E-state index in [2.05, 4.69) is 29.6 Å². The Labute approximate surface area is 190 Å². The first kappa shape index (κ1) is 21.5. The summed E-state index contributed by atoms with van der Waals surface area (Å²) >= 11 is 1.44.